The fraction of sp³-hybridized carbons (Fsp3) is 0.304. The van der Waals surface area contributed by atoms with Crippen LogP contribution in [0.2, 0.25) is 0 Å². The summed E-state index contributed by atoms with van der Waals surface area (Å²) in [4.78, 5) is 30.5. The van der Waals surface area contributed by atoms with Gasteiger partial charge in [-0.25, -0.2) is 8.78 Å². The Morgan fingerprint density at radius 3 is 2.23 bits per heavy atom. The van der Waals surface area contributed by atoms with E-state index in [-0.39, 0.29) is 28.2 Å². The predicted octanol–water partition coefficient (Wildman–Crippen LogP) is 4.52. The molecule has 156 valence electrons. The van der Waals surface area contributed by atoms with Crippen molar-refractivity contribution in [3.05, 3.63) is 80.3 Å². The SMILES string of the molecule is O=C(c1ccc(F)cc1)C1CCN(CCc2sc(=O)[nH]c2-c2ccc(F)cc2)CC1. The van der Waals surface area contributed by atoms with Crippen molar-refractivity contribution in [2.24, 2.45) is 5.92 Å². The second kappa shape index (κ2) is 9.02. The van der Waals surface area contributed by atoms with Crippen molar-refractivity contribution in [2.75, 3.05) is 19.6 Å². The number of piperidine rings is 1. The Bertz CT molecular complexity index is 1070. The first-order valence-corrected chi connectivity index (χ1v) is 10.8. The number of hydrogen-bond acceptors (Lipinski definition) is 4. The first-order chi connectivity index (χ1) is 14.5. The summed E-state index contributed by atoms with van der Waals surface area (Å²) < 4.78 is 26.3. The quantitative estimate of drug-likeness (QED) is 0.588. The van der Waals surface area contributed by atoms with E-state index in [1.807, 2.05) is 0 Å². The van der Waals surface area contributed by atoms with Gasteiger partial charge in [-0.05, 0) is 86.4 Å². The fourth-order valence-corrected chi connectivity index (χ4v) is 4.76. The minimum Gasteiger partial charge on any atom is -0.312 e. The number of hydrogen-bond donors (Lipinski definition) is 1. The number of halogens is 2. The van der Waals surface area contributed by atoms with E-state index in [2.05, 4.69) is 9.88 Å². The van der Waals surface area contributed by atoms with Gasteiger partial charge in [-0.15, -0.1) is 0 Å². The third kappa shape index (κ3) is 4.74. The molecule has 1 saturated heterocycles. The molecule has 4 nitrogen and oxygen atoms in total. The molecule has 0 bridgehead atoms. The second-order valence-electron chi connectivity index (χ2n) is 7.56. The molecule has 1 N–H and O–H groups in total. The van der Waals surface area contributed by atoms with Crippen LogP contribution in [-0.4, -0.2) is 35.3 Å². The maximum Gasteiger partial charge on any atom is 0.305 e. The number of nitrogens with one attached hydrogen (secondary N) is 1. The number of rotatable bonds is 6. The van der Waals surface area contributed by atoms with Gasteiger partial charge in [-0.3, -0.25) is 9.59 Å². The minimum atomic E-state index is -0.339. The second-order valence-corrected chi connectivity index (χ2v) is 8.62. The highest BCUT2D eigenvalue weighted by Crippen LogP contribution is 2.26. The molecule has 30 heavy (non-hydrogen) atoms. The van der Waals surface area contributed by atoms with Crippen LogP contribution in [0.4, 0.5) is 8.78 Å². The average Bonchev–Trinajstić information content (AvgIpc) is 3.14. The van der Waals surface area contributed by atoms with Crippen molar-refractivity contribution in [3.8, 4) is 11.3 Å². The molecule has 2 heterocycles. The summed E-state index contributed by atoms with van der Waals surface area (Å²) in [6, 6.07) is 11.9. The standard InChI is InChI=1S/C23H22F2N2O2S/c24-18-5-1-15(2-6-18)21-20(30-23(29)26-21)11-14-27-12-9-17(10-13-27)22(28)16-3-7-19(25)8-4-16/h1-8,17H,9-14H2,(H,26,29). The van der Waals surface area contributed by atoms with Gasteiger partial charge in [-0.1, -0.05) is 11.3 Å². The minimum absolute atomic E-state index is 0.0372. The lowest BCUT2D eigenvalue weighted by Crippen LogP contribution is -2.37. The summed E-state index contributed by atoms with van der Waals surface area (Å²) in [6.45, 7) is 2.41. The number of carbonyl (C=O) groups excluding carboxylic acids is 1. The van der Waals surface area contributed by atoms with E-state index in [0.717, 1.165) is 48.6 Å². The molecular weight excluding hydrogens is 406 g/mol. The van der Waals surface area contributed by atoms with Crippen molar-refractivity contribution in [1.29, 1.82) is 0 Å². The first kappa shape index (κ1) is 20.6. The number of likely N-dealkylation sites (tertiary alicyclic amines) is 1. The van der Waals surface area contributed by atoms with Gasteiger partial charge in [-0.2, -0.15) is 0 Å². The van der Waals surface area contributed by atoms with E-state index < -0.39 is 0 Å². The average molecular weight is 429 g/mol. The Morgan fingerprint density at radius 1 is 1.00 bits per heavy atom. The topological polar surface area (TPSA) is 53.2 Å². The van der Waals surface area contributed by atoms with Crippen molar-refractivity contribution in [2.45, 2.75) is 19.3 Å². The smallest absolute Gasteiger partial charge is 0.305 e. The van der Waals surface area contributed by atoms with E-state index in [0.29, 0.717) is 12.0 Å². The number of benzene rings is 2. The van der Waals surface area contributed by atoms with E-state index >= 15 is 0 Å². The van der Waals surface area contributed by atoms with Gasteiger partial charge in [0.05, 0.1) is 5.69 Å². The number of carbonyl (C=O) groups is 1. The van der Waals surface area contributed by atoms with Crippen LogP contribution >= 0.6 is 11.3 Å². The molecule has 0 spiro atoms. The fourth-order valence-electron chi connectivity index (χ4n) is 3.91. The van der Waals surface area contributed by atoms with E-state index in [1.54, 1.807) is 24.3 Å². The van der Waals surface area contributed by atoms with Gasteiger partial charge in [0.15, 0.2) is 5.78 Å². The van der Waals surface area contributed by atoms with Gasteiger partial charge >= 0.3 is 4.87 Å². The number of nitrogens with zero attached hydrogens (tertiary/aromatic N) is 1. The molecule has 2 aromatic carbocycles. The summed E-state index contributed by atoms with van der Waals surface area (Å²) >= 11 is 1.19. The van der Waals surface area contributed by atoms with Crippen molar-refractivity contribution < 1.29 is 13.6 Å². The molecule has 0 aliphatic carbocycles. The lowest BCUT2D eigenvalue weighted by atomic mass is 9.89. The molecule has 0 unspecified atom stereocenters. The monoisotopic (exact) mass is 428 g/mol. The van der Waals surface area contributed by atoms with Crippen LogP contribution in [0.5, 0.6) is 0 Å². The highest BCUT2D eigenvalue weighted by atomic mass is 32.1. The number of ketones is 1. The molecule has 1 aliphatic heterocycles. The van der Waals surface area contributed by atoms with Crippen LogP contribution in [0.3, 0.4) is 0 Å². The maximum atomic E-state index is 13.2. The molecule has 0 amide bonds. The summed E-state index contributed by atoms with van der Waals surface area (Å²) in [5, 5.41) is 0. The van der Waals surface area contributed by atoms with Crippen LogP contribution in [0, 0.1) is 17.6 Å². The summed E-state index contributed by atoms with van der Waals surface area (Å²) in [5.41, 5.74) is 2.12. The van der Waals surface area contributed by atoms with Crippen LogP contribution in [0.1, 0.15) is 28.1 Å². The molecule has 1 aliphatic rings. The van der Waals surface area contributed by atoms with Gasteiger partial charge in [0, 0.05) is 22.9 Å². The van der Waals surface area contributed by atoms with Gasteiger partial charge in [0.2, 0.25) is 0 Å². The number of thiazole rings is 1. The predicted molar refractivity (Wildman–Crippen MR) is 114 cm³/mol. The van der Waals surface area contributed by atoms with E-state index in [1.165, 1.54) is 35.6 Å². The molecule has 0 saturated carbocycles. The molecule has 7 heteroatoms. The van der Waals surface area contributed by atoms with Crippen molar-refractivity contribution >= 4 is 17.1 Å². The van der Waals surface area contributed by atoms with Gasteiger partial charge < -0.3 is 9.88 Å². The summed E-state index contributed by atoms with van der Waals surface area (Å²) in [5.74, 6) is -0.605. The molecule has 0 atom stereocenters. The molecule has 1 fully saturated rings. The third-order valence-electron chi connectivity index (χ3n) is 5.60. The Balaban J connectivity index is 1.34. The number of Topliss-reactive ketones (excluding diaryl/α,β-unsaturated/α-hetero) is 1. The number of aromatic nitrogens is 1. The third-order valence-corrected chi connectivity index (χ3v) is 6.54. The highest BCUT2D eigenvalue weighted by Gasteiger charge is 2.26. The van der Waals surface area contributed by atoms with E-state index in [9.17, 15) is 18.4 Å². The van der Waals surface area contributed by atoms with Crippen LogP contribution < -0.4 is 4.87 Å². The lowest BCUT2D eigenvalue weighted by molar-refractivity contribution is 0.0841. The molecule has 4 rings (SSSR count). The zero-order valence-corrected chi connectivity index (χ0v) is 17.2. The van der Waals surface area contributed by atoms with Crippen molar-refractivity contribution in [1.82, 2.24) is 9.88 Å². The first-order valence-electron chi connectivity index (χ1n) is 9.99. The highest BCUT2D eigenvalue weighted by molar-refractivity contribution is 7.09. The van der Waals surface area contributed by atoms with Crippen LogP contribution in [-0.2, 0) is 6.42 Å². The zero-order chi connectivity index (χ0) is 21.1. The summed E-state index contributed by atoms with van der Waals surface area (Å²) in [7, 11) is 0. The van der Waals surface area contributed by atoms with Crippen LogP contribution in [0.15, 0.2) is 53.3 Å². The molecule has 0 radical (unpaired) electrons. The summed E-state index contributed by atoms with van der Waals surface area (Å²) in [6.07, 6.45) is 2.25. The Labute approximate surface area is 177 Å². The molecule has 1 aromatic heterocycles. The molecular formula is C23H22F2N2O2S. The van der Waals surface area contributed by atoms with Crippen LogP contribution in [0.25, 0.3) is 11.3 Å². The normalized spacial score (nSPS) is 15.4. The van der Waals surface area contributed by atoms with Gasteiger partial charge in [0.25, 0.3) is 0 Å². The van der Waals surface area contributed by atoms with E-state index in [4.69, 9.17) is 0 Å². The van der Waals surface area contributed by atoms with Crippen molar-refractivity contribution in [3.63, 3.8) is 0 Å². The molecule has 3 aromatic rings. The Morgan fingerprint density at radius 2 is 1.60 bits per heavy atom. The number of H-pyrrole nitrogens is 1. The number of aromatic amines is 1. The van der Waals surface area contributed by atoms with Gasteiger partial charge in [0.1, 0.15) is 11.6 Å². The Kier molecular flexibility index (Phi) is 6.20. The zero-order valence-electron chi connectivity index (χ0n) is 16.4. The largest absolute Gasteiger partial charge is 0.312 e. The Hall–Kier alpha value is -2.64. The maximum absolute atomic E-state index is 13.2. The lowest BCUT2D eigenvalue weighted by Gasteiger charge is -2.31.